The van der Waals surface area contributed by atoms with Gasteiger partial charge in [0.2, 0.25) is 0 Å². The molecule has 2 aromatic rings. The molecule has 0 bridgehead atoms. The van der Waals surface area contributed by atoms with E-state index in [-0.39, 0.29) is 19.3 Å². The number of nitrogens with zero attached hydrogens (tertiary/aromatic N) is 1. The fraction of sp³-hybridized carbons (Fsp3) is 0.211. The summed E-state index contributed by atoms with van der Waals surface area (Å²) in [4.78, 5) is 39.8. The van der Waals surface area contributed by atoms with E-state index in [1.807, 2.05) is 54.6 Å². The second-order valence-corrected chi connectivity index (χ2v) is 5.57. The number of aryl methyl sites for hydroxylation is 1. The lowest BCUT2D eigenvalue weighted by Crippen LogP contribution is -2.32. The molecule has 1 saturated heterocycles. The van der Waals surface area contributed by atoms with Gasteiger partial charge in [-0.25, -0.2) is 4.79 Å². The van der Waals surface area contributed by atoms with Crippen molar-refractivity contribution in [3.8, 4) is 11.1 Å². The van der Waals surface area contributed by atoms with Crippen LogP contribution in [0.3, 0.4) is 0 Å². The largest absolute Gasteiger partial charge is 0.333 e. The van der Waals surface area contributed by atoms with E-state index in [1.54, 1.807) is 0 Å². The first-order valence-corrected chi connectivity index (χ1v) is 7.85. The van der Waals surface area contributed by atoms with E-state index in [0.29, 0.717) is 11.5 Å². The van der Waals surface area contributed by atoms with Crippen LogP contribution in [0, 0.1) is 0 Å². The summed E-state index contributed by atoms with van der Waals surface area (Å²) in [5.74, 6) is -1.50. The molecule has 1 aliphatic rings. The number of rotatable bonds is 5. The molecule has 1 aliphatic heterocycles. The van der Waals surface area contributed by atoms with E-state index in [4.69, 9.17) is 4.84 Å². The van der Waals surface area contributed by atoms with Crippen LogP contribution in [0.2, 0.25) is 0 Å². The van der Waals surface area contributed by atoms with Gasteiger partial charge in [0, 0.05) is 12.8 Å². The second kappa shape index (κ2) is 7.08. The van der Waals surface area contributed by atoms with Crippen molar-refractivity contribution in [2.75, 3.05) is 0 Å². The number of hydrogen-bond acceptors (Lipinski definition) is 4. The maximum absolute atomic E-state index is 11.9. The summed E-state index contributed by atoms with van der Waals surface area (Å²) in [6.07, 6.45) is 0.771. The summed E-state index contributed by atoms with van der Waals surface area (Å²) in [6.45, 7) is 0. The summed E-state index contributed by atoms with van der Waals surface area (Å²) in [6, 6.07) is 17.7. The highest BCUT2D eigenvalue weighted by Crippen LogP contribution is 2.24. The predicted molar refractivity (Wildman–Crippen MR) is 87.4 cm³/mol. The Morgan fingerprint density at radius 3 is 2.25 bits per heavy atom. The van der Waals surface area contributed by atoms with Gasteiger partial charge < -0.3 is 4.84 Å². The van der Waals surface area contributed by atoms with Crippen LogP contribution >= 0.6 is 0 Å². The highest BCUT2D eigenvalue weighted by Gasteiger charge is 2.32. The molecule has 3 rings (SSSR count). The third kappa shape index (κ3) is 3.51. The molecule has 0 atom stereocenters. The molecule has 0 spiro atoms. The molecule has 0 aliphatic carbocycles. The molecule has 5 nitrogen and oxygen atoms in total. The number of carbonyl (C=O) groups is 3. The predicted octanol–water partition coefficient (Wildman–Crippen LogP) is 2.89. The Balaban J connectivity index is 1.66. The second-order valence-electron chi connectivity index (χ2n) is 5.57. The van der Waals surface area contributed by atoms with Gasteiger partial charge in [0.15, 0.2) is 0 Å². The van der Waals surface area contributed by atoms with E-state index < -0.39 is 17.8 Å². The van der Waals surface area contributed by atoms with Gasteiger partial charge in [-0.15, -0.1) is 5.06 Å². The molecule has 0 aromatic heterocycles. The first kappa shape index (κ1) is 15.9. The highest BCUT2D eigenvalue weighted by atomic mass is 16.7. The SMILES string of the molecule is O=C(CCc1ccccc1-c1ccccc1)ON1C(=O)CCC1=O. The molecule has 2 amide bonds. The number of hydroxylamine groups is 2. The normalized spacial score (nSPS) is 14.1. The van der Waals surface area contributed by atoms with Gasteiger partial charge in [-0.3, -0.25) is 9.59 Å². The number of imide groups is 1. The molecular weight excluding hydrogens is 306 g/mol. The molecular formula is C19H17NO4. The zero-order valence-electron chi connectivity index (χ0n) is 13.1. The van der Waals surface area contributed by atoms with E-state index in [0.717, 1.165) is 16.7 Å². The van der Waals surface area contributed by atoms with Crippen molar-refractivity contribution >= 4 is 17.8 Å². The maximum Gasteiger partial charge on any atom is 0.333 e. The summed E-state index contributed by atoms with van der Waals surface area (Å²) in [7, 11) is 0. The van der Waals surface area contributed by atoms with Crippen molar-refractivity contribution < 1.29 is 19.2 Å². The van der Waals surface area contributed by atoms with Crippen LogP contribution in [0.1, 0.15) is 24.8 Å². The van der Waals surface area contributed by atoms with Crippen LogP contribution in [0.15, 0.2) is 54.6 Å². The maximum atomic E-state index is 11.9. The van der Waals surface area contributed by atoms with Gasteiger partial charge >= 0.3 is 5.97 Å². The number of carbonyl (C=O) groups excluding carboxylic acids is 3. The van der Waals surface area contributed by atoms with Crippen molar-refractivity contribution in [1.82, 2.24) is 5.06 Å². The summed E-state index contributed by atoms with van der Waals surface area (Å²) >= 11 is 0. The zero-order chi connectivity index (χ0) is 16.9. The van der Waals surface area contributed by atoms with E-state index in [9.17, 15) is 14.4 Å². The molecule has 0 radical (unpaired) electrons. The number of benzene rings is 2. The molecule has 2 aromatic carbocycles. The molecule has 5 heteroatoms. The van der Waals surface area contributed by atoms with Crippen LogP contribution in [0.5, 0.6) is 0 Å². The Bertz CT molecular complexity index is 754. The molecule has 122 valence electrons. The number of amides is 2. The Morgan fingerprint density at radius 2 is 1.54 bits per heavy atom. The van der Waals surface area contributed by atoms with Gasteiger partial charge in [0.1, 0.15) is 0 Å². The van der Waals surface area contributed by atoms with E-state index in [2.05, 4.69) is 0 Å². The minimum atomic E-state index is -0.582. The summed E-state index contributed by atoms with van der Waals surface area (Å²) in [5, 5.41) is 0.589. The monoisotopic (exact) mass is 323 g/mol. The Labute approximate surface area is 139 Å². The Morgan fingerprint density at radius 1 is 0.917 bits per heavy atom. The van der Waals surface area contributed by atoms with Gasteiger partial charge in [0.25, 0.3) is 11.8 Å². The van der Waals surface area contributed by atoms with Crippen LogP contribution in [0.25, 0.3) is 11.1 Å². The van der Waals surface area contributed by atoms with Gasteiger partial charge in [-0.1, -0.05) is 54.6 Å². The minimum Gasteiger partial charge on any atom is -0.330 e. The van der Waals surface area contributed by atoms with Gasteiger partial charge in [-0.05, 0) is 23.1 Å². The molecule has 24 heavy (non-hydrogen) atoms. The fourth-order valence-corrected chi connectivity index (χ4v) is 2.68. The summed E-state index contributed by atoms with van der Waals surface area (Å²) in [5.41, 5.74) is 3.14. The zero-order valence-corrected chi connectivity index (χ0v) is 13.1. The average molecular weight is 323 g/mol. The van der Waals surface area contributed by atoms with E-state index in [1.165, 1.54) is 0 Å². The Kier molecular flexibility index (Phi) is 4.70. The van der Waals surface area contributed by atoms with Gasteiger partial charge in [-0.2, -0.15) is 0 Å². The molecule has 0 saturated carbocycles. The van der Waals surface area contributed by atoms with Crippen molar-refractivity contribution in [2.45, 2.75) is 25.7 Å². The van der Waals surface area contributed by atoms with Crippen molar-refractivity contribution in [1.29, 1.82) is 0 Å². The fourth-order valence-electron chi connectivity index (χ4n) is 2.68. The lowest BCUT2D eigenvalue weighted by atomic mass is 9.97. The van der Waals surface area contributed by atoms with Crippen LogP contribution < -0.4 is 0 Å². The van der Waals surface area contributed by atoms with E-state index >= 15 is 0 Å². The lowest BCUT2D eigenvalue weighted by molar-refractivity contribution is -0.197. The van der Waals surface area contributed by atoms with Crippen molar-refractivity contribution in [2.24, 2.45) is 0 Å². The third-order valence-electron chi connectivity index (χ3n) is 3.90. The first-order valence-electron chi connectivity index (χ1n) is 7.85. The standard InChI is InChI=1S/C19H17NO4/c21-17-11-12-18(22)20(17)24-19(23)13-10-15-8-4-5-9-16(15)14-6-2-1-3-7-14/h1-9H,10-13H2. The number of hydrogen-bond donors (Lipinski definition) is 0. The minimum absolute atomic E-state index is 0.0981. The average Bonchev–Trinajstić information content (AvgIpc) is 2.93. The molecule has 1 heterocycles. The highest BCUT2D eigenvalue weighted by molar-refractivity contribution is 6.01. The molecule has 0 unspecified atom stereocenters. The molecule has 0 N–H and O–H groups in total. The Hall–Kier alpha value is -2.95. The quantitative estimate of drug-likeness (QED) is 0.794. The van der Waals surface area contributed by atoms with Crippen molar-refractivity contribution in [3.05, 3.63) is 60.2 Å². The van der Waals surface area contributed by atoms with Crippen molar-refractivity contribution in [3.63, 3.8) is 0 Å². The lowest BCUT2D eigenvalue weighted by Gasteiger charge is -2.13. The smallest absolute Gasteiger partial charge is 0.330 e. The summed E-state index contributed by atoms with van der Waals surface area (Å²) < 4.78 is 0. The van der Waals surface area contributed by atoms with Crippen LogP contribution in [0.4, 0.5) is 0 Å². The third-order valence-corrected chi connectivity index (χ3v) is 3.90. The first-order chi connectivity index (χ1) is 11.6. The van der Waals surface area contributed by atoms with Gasteiger partial charge in [0.05, 0.1) is 6.42 Å². The van der Waals surface area contributed by atoms with Crippen LogP contribution in [-0.4, -0.2) is 22.8 Å². The molecule has 1 fully saturated rings. The topological polar surface area (TPSA) is 63.7 Å². The van der Waals surface area contributed by atoms with Crippen LogP contribution in [-0.2, 0) is 25.6 Å².